The zero-order valence-corrected chi connectivity index (χ0v) is 15.0. The van der Waals surface area contributed by atoms with Crippen molar-refractivity contribution in [2.75, 3.05) is 19.6 Å². The first-order chi connectivity index (χ1) is 10.1. The van der Waals surface area contributed by atoms with E-state index in [1.165, 1.54) is 4.31 Å². The second kappa shape index (κ2) is 6.72. The van der Waals surface area contributed by atoms with Crippen LogP contribution < -0.4 is 5.73 Å². The summed E-state index contributed by atoms with van der Waals surface area (Å²) < 4.78 is 27.0. The summed E-state index contributed by atoms with van der Waals surface area (Å²) in [6, 6.07) is 2.71. The van der Waals surface area contributed by atoms with E-state index in [-0.39, 0.29) is 28.4 Å². The Morgan fingerprint density at radius 3 is 2.43 bits per heavy atom. The first kappa shape index (κ1) is 19.8. The minimum atomic E-state index is -3.75. The zero-order valence-electron chi connectivity index (χ0n) is 13.4. The van der Waals surface area contributed by atoms with Crippen LogP contribution in [0.2, 0.25) is 0 Å². The highest BCUT2D eigenvalue weighted by atomic mass is 35.5. The third-order valence-electron chi connectivity index (χ3n) is 4.32. The van der Waals surface area contributed by atoms with Crippen molar-refractivity contribution in [3.8, 4) is 0 Å². The molecule has 1 aromatic rings. The van der Waals surface area contributed by atoms with Crippen LogP contribution in [0.1, 0.15) is 24.5 Å². The molecule has 0 spiro atoms. The normalized spacial score (nSPS) is 21.9. The molecule has 1 aromatic carbocycles. The van der Waals surface area contributed by atoms with Crippen LogP contribution in [-0.2, 0) is 10.0 Å². The van der Waals surface area contributed by atoms with E-state index in [4.69, 9.17) is 5.73 Å². The molecule has 2 N–H and O–H groups in total. The van der Waals surface area contributed by atoms with Crippen LogP contribution in [0, 0.1) is 29.4 Å². The van der Waals surface area contributed by atoms with Crippen molar-refractivity contribution < 1.29 is 13.3 Å². The highest BCUT2D eigenvalue weighted by molar-refractivity contribution is 7.89. The lowest BCUT2D eigenvalue weighted by Gasteiger charge is -2.23. The molecule has 1 heterocycles. The Morgan fingerprint density at radius 1 is 1.35 bits per heavy atom. The number of nitrogens with two attached hydrogens (primary N) is 1. The Bertz CT molecular complexity index is 723. The van der Waals surface area contributed by atoms with Gasteiger partial charge in [0.1, 0.15) is 0 Å². The molecule has 1 atom stereocenters. The third kappa shape index (κ3) is 3.65. The number of nitrogens with zero attached hydrogens (tertiary/aromatic N) is 2. The second-order valence-corrected chi connectivity index (χ2v) is 8.17. The van der Waals surface area contributed by atoms with Crippen molar-refractivity contribution in [2.45, 2.75) is 32.1 Å². The molecule has 0 radical (unpaired) electrons. The molecule has 2 rings (SSSR count). The van der Waals surface area contributed by atoms with Gasteiger partial charge in [-0.2, -0.15) is 4.31 Å². The van der Waals surface area contributed by atoms with Crippen LogP contribution >= 0.6 is 12.4 Å². The van der Waals surface area contributed by atoms with E-state index < -0.39 is 14.9 Å². The Labute approximate surface area is 142 Å². The summed E-state index contributed by atoms with van der Waals surface area (Å²) in [5.41, 5.74) is 6.27. The van der Waals surface area contributed by atoms with Crippen LogP contribution in [0.25, 0.3) is 0 Å². The molecule has 0 bridgehead atoms. The van der Waals surface area contributed by atoms with E-state index in [1.807, 2.05) is 6.92 Å². The van der Waals surface area contributed by atoms with E-state index in [2.05, 4.69) is 0 Å². The molecule has 1 aliphatic heterocycles. The van der Waals surface area contributed by atoms with Gasteiger partial charge < -0.3 is 5.73 Å². The molecule has 1 unspecified atom stereocenters. The molecule has 9 heteroatoms. The van der Waals surface area contributed by atoms with Crippen LogP contribution in [0.4, 0.5) is 5.69 Å². The lowest BCUT2D eigenvalue weighted by atomic mass is 9.90. The first-order valence-electron chi connectivity index (χ1n) is 7.06. The number of sulfonamides is 1. The van der Waals surface area contributed by atoms with E-state index in [9.17, 15) is 18.5 Å². The molecule has 0 amide bonds. The number of halogens is 1. The standard InChI is InChI=1S/C14H21N3O4S.ClH/c1-10-6-11(2)13(7-12(10)17(18)19)22(20,21)16-5-4-14(3,8-15)9-16;/h6-7H,4-5,8-9,15H2,1-3H3;1H. The number of hydrogen-bond donors (Lipinski definition) is 1. The van der Waals surface area contributed by atoms with Crippen molar-refractivity contribution >= 4 is 28.1 Å². The number of hydrogen-bond acceptors (Lipinski definition) is 5. The number of rotatable bonds is 4. The van der Waals surface area contributed by atoms with Crippen molar-refractivity contribution in [3.05, 3.63) is 33.4 Å². The van der Waals surface area contributed by atoms with Gasteiger partial charge >= 0.3 is 0 Å². The molecule has 0 aromatic heterocycles. The van der Waals surface area contributed by atoms with Gasteiger partial charge in [0, 0.05) is 24.7 Å². The fourth-order valence-corrected chi connectivity index (χ4v) is 4.60. The predicted molar refractivity (Wildman–Crippen MR) is 90.4 cm³/mol. The van der Waals surface area contributed by atoms with Gasteiger partial charge in [-0.3, -0.25) is 10.1 Å². The van der Waals surface area contributed by atoms with Gasteiger partial charge in [-0.1, -0.05) is 6.92 Å². The fraction of sp³-hybridized carbons (Fsp3) is 0.571. The summed E-state index contributed by atoms with van der Waals surface area (Å²) in [6.45, 7) is 6.34. The topological polar surface area (TPSA) is 107 Å². The minimum Gasteiger partial charge on any atom is -0.330 e. The summed E-state index contributed by atoms with van der Waals surface area (Å²) in [4.78, 5) is 10.5. The zero-order chi connectivity index (χ0) is 16.7. The van der Waals surface area contributed by atoms with Gasteiger partial charge in [-0.15, -0.1) is 12.4 Å². The highest BCUT2D eigenvalue weighted by Crippen LogP contribution is 2.34. The largest absolute Gasteiger partial charge is 0.330 e. The van der Waals surface area contributed by atoms with Crippen molar-refractivity contribution in [1.29, 1.82) is 0 Å². The molecular formula is C14H22ClN3O4S. The van der Waals surface area contributed by atoms with Gasteiger partial charge in [0.25, 0.3) is 5.69 Å². The Kier molecular flexibility index (Phi) is 5.79. The lowest BCUT2D eigenvalue weighted by molar-refractivity contribution is -0.385. The molecule has 1 aliphatic rings. The van der Waals surface area contributed by atoms with Gasteiger partial charge in [0.05, 0.1) is 9.82 Å². The summed E-state index contributed by atoms with van der Waals surface area (Å²) in [5.74, 6) is 0. The second-order valence-electron chi connectivity index (χ2n) is 6.26. The molecule has 0 aliphatic carbocycles. The third-order valence-corrected chi connectivity index (χ3v) is 6.31. The molecule has 1 fully saturated rings. The van der Waals surface area contributed by atoms with Crippen molar-refractivity contribution in [2.24, 2.45) is 11.1 Å². The maximum absolute atomic E-state index is 12.8. The lowest BCUT2D eigenvalue weighted by Crippen LogP contribution is -2.34. The quantitative estimate of drug-likeness (QED) is 0.650. The molecular weight excluding hydrogens is 342 g/mol. The van der Waals surface area contributed by atoms with Crippen LogP contribution in [0.3, 0.4) is 0 Å². The van der Waals surface area contributed by atoms with Crippen LogP contribution in [0.15, 0.2) is 17.0 Å². The van der Waals surface area contributed by atoms with Gasteiger partial charge in [0.2, 0.25) is 10.0 Å². The number of aryl methyl sites for hydroxylation is 2. The number of nitro benzene ring substituents is 1. The van der Waals surface area contributed by atoms with E-state index >= 15 is 0 Å². The summed E-state index contributed by atoms with van der Waals surface area (Å²) in [7, 11) is -3.75. The number of benzene rings is 1. The molecule has 0 saturated carbocycles. The van der Waals surface area contributed by atoms with E-state index in [0.717, 1.165) is 6.07 Å². The highest BCUT2D eigenvalue weighted by Gasteiger charge is 2.40. The fourth-order valence-electron chi connectivity index (χ4n) is 2.79. The molecule has 1 saturated heterocycles. The Hall–Kier alpha value is -1.22. The van der Waals surface area contributed by atoms with Crippen molar-refractivity contribution in [3.63, 3.8) is 0 Å². The Morgan fingerprint density at radius 2 is 1.96 bits per heavy atom. The SMILES string of the molecule is Cc1cc(C)c(S(=O)(=O)N2CCC(C)(CN)C2)cc1[N+](=O)[O-].Cl. The van der Waals surface area contributed by atoms with Gasteiger partial charge in [0.15, 0.2) is 0 Å². The van der Waals surface area contributed by atoms with E-state index in [1.54, 1.807) is 19.9 Å². The minimum absolute atomic E-state index is 0. The summed E-state index contributed by atoms with van der Waals surface area (Å²) in [5, 5.41) is 11.1. The number of nitro groups is 1. The first-order valence-corrected chi connectivity index (χ1v) is 8.50. The average Bonchev–Trinajstić information content (AvgIpc) is 2.82. The predicted octanol–water partition coefficient (Wildman–Crippen LogP) is 1.99. The Balaban J connectivity index is 0.00000264. The maximum atomic E-state index is 12.8. The molecule has 130 valence electrons. The van der Waals surface area contributed by atoms with Gasteiger partial charge in [-0.05, 0) is 43.9 Å². The van der Waals surface area contributed by atoms with Crippen molar-refractivity contribution in [1.82, 2.24) is 4.31 Å². The van der Waals surface area contributed by atoms with E-state index in [0.29, 0.717) is 37.2 Å². The average molecular weight is 364 g/mol. The van der Waals surface area contributed by atoms with Crippen LogP contribution in [0.5, 0.6) is 0 Å². The smallest absolute Gasteiger partial charge is 0.273 e. The van der Waals surface area contributed by atoms with Crippen LogP contribution in [-0.4, -0.2) is 37.3 Å². The molecule has 23 heavy (non-hydrogen) atoms. The summed E-state index contributed by atoms with van der Waals surface area (Å²) >= 11 is 0. The molecule has 7 nitrogen and oxygen atoms in total. The monoisotopic (exact) mass is 363 g/mol. The summed E-state index contributed by atoms with van der Waals surface area (Å²) in [6.07, 6.45) is 0.690. The maximum Gasteiger partial charge on any atom is 0.273 e. The van der Waals surface area contributed by atoms with Gasteiger partial charge in [-0.25, -0.2) is 8.42 Å².